The summed E-state index contributed by atoms with van der Waals surface area (Å²) in [5, 5.41) is 14.0. The van der Waals surface area contributed by atoms with Gasteiger partial charge in [-0.3, -0.25) is 4.57 Å². The summed E-state index contributed by atoms with van der Waals surface area (Å²) >= 11 is 0. The van der Waals surface area contributed by atoms with E-state index in [1.54, 1.807) is 16.8 Å². The topological polar surface area (TPSA) is 60.0 Å². The van der Waals surface area contributed by atoms with Gasteiger partial charge in [0.2, 0.25) is 0 Å². The molecule has 0 atom stereocenters. The van der Waals surface area contributed by atoms with Crippen LogP contribution >= 0.6 is 0 Å². The van der Waals surface area contributed by atoms with Gasteiger partial charge in [-0.05, 0) is 49.4 Å². The number of hydrogen-bond acceptors (Lipinski definition) is 3. The van der Waals surface area contributed by atoms with Gasteiger partial charge in [-0.2, -0.15) is 5.10 Å². The molecule has 0 saturated carbocycles. The average molecular weight is 365 g/mol. The molecule has 0 unspecified atom stereocenters. The molecule has 2 aromatic carbocycles. The van der Waals surface area contributed by atoms with Crippen LogP contribution in [0.4, 0.5) is 0 Å². The fraction of sp³-hybridized carbons (Fsp3) is 0.364. The van der Waals surface area contributed by atoms with Crippen molar-refractivity contribution < 1.29 is 5.11 Å². The third-order valence-electron chi connectivity index (χ3n) is 4.66. The first-order valence-electron chi connectivity index (χ1n) is 9.57. The highest BCUT2D eigenvalue weighted by atomic mass is 16.3. The molecule has 0 aliphatic carbocycles. The number of nitrogens with zero attached hydrogens (tertiary/aromatic N) is 3. The molecule has 0 aliphatic rings. The van der Waals surface area contributed by atoms with Crippen LogP contribution in [-0.4, -0.2) is 19.5 Å². The second-order valence-corrected chi connectivity index (χ2v) is 7.02. The van der Waals surface area contributed by atoms with Crippen molar-refractivity contribution in [2.45, 2.75) is 52.6 Å². The van der Waals surface area contributed by atoms with E-state index >= 15 is 0 Å². The SMILES string of the molecule is CCCn1c(CCCc2ccc(O)cc2)nn(Cc2cccc(C)c2)c1=O. The van der Waals surface area contributed by atoms with E-state index in [1.807, 2.05) is 28.8 Å². The van der Waals surface area contributed by atoms with Gasteiger partial charge >= 0.3 is 5.69 Å². The Kier molecular flexibility index (Phi) is 6.12. The first-order chi connectivity index (χ1) is 13.1. The molecule has 0 fully saturated rings. The zero-order chi connectivity index (χ0) is 19.2. The van der Waals surface area contributed by atoms with E-state index in [4.69, 9.17) is 0 Å². The number of aromatic nitrogens is 3. The fourth-order valence-electron chi connectivity index (χ4n) is 3.32. The van der Waals surface area contributed by atoms with Crippen LogP contribution in [0.1, 0.15) is 42.3 Å². The normalized spacial score (nSPS) is 11.0. The highest BCUT2D eigenvalue weighted by Gasteiger charge is 2.13. The lowest BCUT2D eigenvalue weighted by atomic mass is 10.1. The predicted molar refractivity (Wildman–Crippen MR) is 107 cm³/mol. The smallest absolute Gasteiger partial charge is 0.346 e. The summed E-state index contributed by atoms with van der Waals surface area (Å²) in [5.74, 6) is 1.14. The van der Waals surface area contributed by atoms with Gasteiger partial charge in [-0.15, -0.1) is 0 Å². The maximum atomic E-state index is 12.8. The molecule has 0 bridgehead atoms. The molecule has 0 saturated heterocycles. The summed E-state index contributed by atoms with van der Waals surface area (Å²) in [6, 6.07) is 15.5. The number of hydrogen-bond donors (Lipinski definition) is 1. The molecule has 5 nitrogen and oxygen atoms in total. The average Bonchev–Trinajstić information content (AvgIpc) is 2.93. The highest BCUT2D eigenvalue weighted by molar-refractivity contribution is 5.26. The molecule has 27 heavy (non-hydrogen) atoms. The van der Waals surface area contributed by atoms with Gasteiger partial charge in [0.25, 0.3) is 0 Å². The zero-order valence-corrected chi connectivity index (χ0v) is 16.1. The van der Waals surface area contributed by atoms with Crippen molar-refractivity contribution in [3.8, 4) is 5.75 Å². The largest absolute Gasteiger partial charge is 0.508 e. The molecule has 5 heteroatoms. The Bertz CT molecular complexity index is 939. The van der Waals surface area contributed by atoms with Gasteiger partial charge < -0.3 is 5.11 Å². The van der Waals surface area contributed by atoms with Gasteiger partial charge in [-0.25, -0.2) is 9.48 Å². The Labute approximate surface area is 159 Å². The molecule has 0 radical (unpaired) electrons. The molecule has 1 aromatic heterocycles. The van der Waals surface area contributed by atoms with Gasteiger partial charge in [0.15, 0.2) is 0 Å². The summed E-state index contributed by atoms with van der Waals surface area (Å²) in [7, 11) is 0. The van der Waals surface area contributed by atoms with E-state index in [1.165, 1.54) is 11.1 Å². The standard InChI is InChI=1S/C22H27N3O2/c1-3-14-24-21(9-5-7-18-10-12-20(26)13-11-18)23-25(22(24)27)16-19-8-4-6-17(2)15-19/h4,6,8,10-13,15,26H,3,5,7,9,14,16H2,1-2H3. The van der Waals surface area contributed by atoms with E-state index in [9.17, 15) is 9.90 Å². The molecule has 0 aliphatic heterocycles. The molecular weight excluding hydrogens is 338 g/mol. The monoisotopic (exact) mass is 365 g/mol. The number of aromatic hydroxyl groups is 1. The van der Waals surface area contributed by atoms with Crippen LogP contribution < -0.4 is 5.69 Å². The van der Waals surface area contributed by atoms with Crippen molar-refractivity contribution in [2.75, 3.05) is 0 Å². The minimum absolute atomic E-state index is 0.0296. The van der Waals surface area contributed by atoms with Crippen LogP contribution in [0.3, 0.4) is 0 Å². The van der Waals surface area contributed by atoms with Crippen molar-refractivity contribution in [3.05, 3.63) is 81.5 Å². The van der Waals surface area contributed by atoms with Crippen molar-refractivity contribution in [1.82, 2.24) is 14.3 Å². The fourth-order valence-corrected chi connectivity index (χ4v) is 3.32. The Morgan fingerprint density at radius 3 is 2.52 bits per heavy atom. The number of phenolic OH excluding ortho intramolecular Hbond substituents is 1. The first-order valence-corrected chi connectivity index (χ1v) is 9.57. The minimum Gasteiger partial charge on any atom is -0.508 e. The van der Waals surface area contributed by atoms with Crippen LogP contribution in [0, 0.1) is 6.92 Å². The zero-order valence-electron chi connectivity index (χ0n) is 16.1. The maximum absolute atomic E-state index is 12.8. The molecule has 3 aromatic rings. The van der Waals surface area contributed by atoms with Crippen molar-refractivity contribution >= 4 is 0 Å². The maximum Gasteiger partial charge on any atom is 0.346 e. The van der Waals surface area contributed by atoms with E-state index < -0.39 is 0 Å². The van der Waals surface area contributed by atoms with Crippen molar-refractivity contribution in [1.29, 1.82) is 0 Å². The summed E-state index contributed by atoms with van der Waals surface area (Å²) in [6.07, 6.45) is 3.47. The van der Waals surface area contributed by atoms with Crippen LogP contribution in [0.25, 0.3) is 0 Å². The lowest BCUT2D eigenvalue weighted by molar-refractivity contribution is 0.475. The molecule has 1 N–H and O–H groups in total. The summed E-state index contributed by atoms with van der Waals surface area (Å²) in [4.78, 5) is 12.8. The number of benzene rings is 2. The predicted octanol–water partition coefficient (Wildman–Crippen LogP) is 3.69. The highest BCUT2D eigenvalue weighted by Crippen LogP contribution is 2.12. The van der Waals surface area contributed by atoms with E-state index in [-0.39, 0.29) is 11.4 Å². The molecule has 0 spiro atoms. The van der Waals surface area contributed by atoms with Crippen LogP contribution in [0.15, 0.2) is 53.3 Å². The van der Waals surface area contributed by atoms with E-state index in [0.717, 1.165) is 37.1 Å². The van der Waals surface area contributed by atoms with Crippen molar-refractivity contribution in [2.24, 2.45) is 0 Å². The van der Waals surface area contributed by atoms with Crippen LogP contribution in [-0.2, 0) is 25.9 Å². The number of aryl methyl sites for hydroxylation is 3. The Morgan fingerprint density at radius 1 is 1.04 bits per heavy atom. The minimum atomic E-state index is -0.0296. The molecular formula is C22H27N3O2. The summed E-state index contributed by atoms with van der Waals surface area (Å²) in [5.41, 5.74) is 3.42. The summed E-state index contributed by atoms with van der Waals surface area (Å²) in [6.45, 7) is 5.32. The molecule has 142 valence electrons. The van der Waals surface area contributed by atoms with Crippen LogP contribution in [0.5, 0.6) is 5.75 Å². The van der Waals surface area contributed by atoms with E-state index in [2.05, 4.69) is 31.1 Å². The first kappa shape index (κ1) is 19.0. The second kappa shape index (κ2) is 8.71. The van der Waals surface area contributed by atoms with Crippen molar-refractivity contribution in [3.63, 3.8) is 0 Å². The quantitative estimate of drug-likeness (QED) is 0.662. The lowest BCUT2D eigenvalue weighted by Gasteiger charge is -2.04. The Morgan fingerprint density at radius 2 is 1.81 bits per heavy atom. The number of rotatable bonds is 8. The van der Waals surface area contributed by atoms with Gasteiger partial charge in [0.1, 0.15) is 11.6 Å². The third-order valence-corrected chi connectivity index (χ3v) is 4.66. The lowest BCUT2D eigenvalue weighted by Crippen LogP contribution is -2.26. The molecule has 0 amide bonds. The van der Waals surface area contributed by atoms with Gasteiger partial charge in [0, 0.05) is 13.0 Å². The summed E-state index contributed by atoms with van der Waals surface area (Å²) < 4.78 is 3.40. The van der Waals surface area contributed by atoms with E-state index in [0.29, 0.717) is 13.1 Å². The Balaban J connectivity index is 1.73. The Hall–Kier alpha value is -2.82. The van der Waals surface area contributed by atoms with Gasteiger partial charge in [-0.1, -0.05) is 48.9 Å². The van der Waals surface area contributed by atoms with Gasteiger partial charge in [0.05, 0.1) is 6.54 Å². The number of phenols is 1. The molecule has 1 heterocycles. The third kappa shape index (κ3) is 4.88. The molecule has 3 rings (SSSR count). The van der Waals surface area contributed by atoms with Crippen LogP contribution in [0.2, 0.25) is 0 Å². The second-order valence-electron chi connectivity index (χ2n) is 7.02.